The Hall–Kier alpha value is -3.35. The van der Waals surface area contributed by atoms with E-state index in [1.165, 1.54) is 16.7 Å². The van der Waals surface area contributed by atoms with E-state index in [0.717, 1.165) is 18.7 Å². The number of fused-ring (bicyclic) bond motifs is 2. The molecular weight excluding hydrogens is 438 g/mol. The Kier molecular flexibility index (Phi) is 5.79. The number of nitrogens with zero attached hydrogens (tertiary/aromatic N) is 2. The predicted molar refractivity (Wildman–Crippen MR) is 129 cm³/mol. The van der Waals surface area contributed by atoms with Crippen molar-refractivity contribution in [1.82, 2.24) is 14.9 Å². The van der Waals surface area contributed by atoms with Crippen molar-refractivity contribution in [3.8, 4) is 11.5 Å². The highest BCUT2D eigenvalue weighted by molar-refractivity contribution is 6.31. The Labute approximate surface area is 196 Å². The van der Waals surface area contributed by atoms with Crippen molar-refractivity contribution < 1.29 is 9.47 Å². The molecule has 3 aromatic carbocycles. The maximum Gasteiger partial charge on any atom is 0.258 e. The molecule has 1 N–H and O–H groups in total. The lowest BCUT2D eigenvalue weighted by Crippen LogP contribution is -2.36. The number of aromatic nitrogens is 2. The number of ether oxygens (including phenoxy) is 2. The quantitative estimate of drug-likeness (QED) is 0.465. The Bertz CT molecular complexity index is 1370. The molecule has 33 heavy (non-hydrogen) atoms. The van der Waals surface area contributed by atoms with Crippen molar-refractivity contribution in [2.45, 2.75) is 19.0 Å². The van der Waals surface area contributed by atoms with Crippen LogP contribution >= 0.6 is 11.6 Å². The van der Waals surface area contributed by atoms with Crippen LogP contribution in [-0.2, 0) is 13.0 Å². The van der Waals surface area contributed by atoms with Gasteiger partial charge < -0.3 is 14.5 Å². The van der Waals surface area contributed by atoms with Crippen LogP contribution in [0.5, 0.6) is 11.5 Å². The van der Waals surface area contributed by atoms with Gasteiger partial charge in [0.1, 0.15) is 5.82 Å². The zero-order valence-corrected chi connectivity index (χ0v) is 19.2. The van der Waals surface area contributed by atoms with Crippen molar-refractivity contribution in [3.63, 3.8) is 0 Å². The number of nitrogens with one attached hydrogen (secondary N) is 1. The maximum atomic E-state index is 12.7. The zero-order valence-electron chi connectivity index (χ0n) is 18.5. The lowest BCUT2D eigenvalue weighted by Gasteiger charge is -2.37. The highest BCUT2D eigenvalue weighted by Gasteiger charge is 2.31. The molecule has 0 saturated heterocycles. The molecule has 0 saturated carbocycles. The Morgan fingerprint density at radius 3 is 2.58 bits per heavy atom. The van der Waals surface area contributed by atoms with Gasteiger partial charge in [0.15, 0.2) is 11.5 Å². The second-order valence-corrected chi connectivity index (χ2v) is 8.55. The van der Waals surface area contributed by atoms with Crippen LogP contribution in [0.2, 0.25) is 5.02 Å². The van der Waals surface area contributed by atoms with Crippen molar-refractivity contribution in [1.29, 1.82) is 0 Å². The zero-order chi connectivity index (χ0) is 22.9. The van der Waals surface area contributed by atoms with Crippen LogP contribution in [0.25, 0.3) is 10.9 Å². The second-order valence-electron chi connectivity index (χ2n) is 8.11. The molecule has 5 rings (SSSR count). The number of H-pyrrole nitrogens is 1. The fraction of sp³-hybridized carbons (Fsp3) is 0.231. The van der Waals surface area contributed by atoms with Gasteiger partial charge in [0, 0.05) is 11.6 Å². The van der Waals surface area contributed by atoms with Crippen LogP contribution in [0.3, 0.4) is 0 Å². The third-order valence-corrected chi connectivity index (χ3v) is 6.39. The van der Waals surface area contributed by atoms with Crippen LogP contribution in [0.4, 0.5) is 0 Å². The minimum atomic E-state index is -0.183. The first-order valence-corrected chi connectivity index (χ1v) is 11.2. The van der Waals surface area contributed by atoms with E-state index < -0.39 is 0 Å². The van der Waals surface area contributed by atoms with Gasteiger partial charge in [-0.05, 0) is 53.4 Å². The molecule has 0 radical (unpaired) electrons. The lowest BCUT2D eigenvalue weighted by atomic mass is 9.87. The average molecular weight is 462 g/mol. The molecule has 1 aromatic heterocycles. The van der Waals surface area contributed by atoms with E-state index in [1.54, 1.807) is 32.4 Å². The minimum Gasteiger partial charge on any atom is -0.493 e. The third kappa shape index (κ3) is 4.08. The Balaban J connectivity index is 1.58. The average Bonchev–Trinajstić information content (AvgIpc) is 2.84. The molecule has 7 heteroatoms. The Morgan fingerprint density at radius 1 is 1.06 bits per heavy atom. The number of hydrogen-bond donors (Lipinski definition) is 1. The molecule has 1 aliphatic heterocycles. The van der Waals surface area contributed by atoms with Crippen LogP contribution in [0.1, 0.15) is 28.6 Å². The molecule has 0 fully saturated rings. The summed E-state index contributed by atoms with van der Waals surface area (Å²) in [7, 11) is 3.31. The smallest absolute Gasteiger partial charge is 0.258 e. The number of aromatic amines is 1. The molecule has 2 heterocycles. The standard InChI is InChI=1S/C26H24ClN3O3/c1-32-22-12-17-10-11-30(15-24-28-21-9-8-18(27)13-20(21)26(31)29-24)25(16-6-4-3-5-7-16)19(17)14-23(22)33-2/h3-9,12-14,25H,10-11,15H2,1-2H3,(H,28,29,31)/t25-/m1/s1. The summed E-state index contributed by atoms with van der Waals surface area (Å²) in [6.45, 7) is 1.31. The number of methoxy groups -OCH3 is 2. The van der Waals surface area contributed by atoms with E-state index in [1.807, 2.05) is 18.2 Å². The van der Waals surface area contributed by atoms with Gasteiger partial charge in [-0.2, -0.15) is 0 Å². The fourth-order valence-electron chi connectivity index (χ4n) is 4.62. The van der Waals surface area contributed by atoms with E-state index in [2.05, 4.69) is 34.1 Å². The molecule has 0 amide bonds. The predicted octanol–water partition coefficient (Wildman–Crippen LogP) is 4.74. The van der Waals surface area contributed by atoms with E-state index in [0.29, 0.717) is 34.0 Å². The summed E-state index contributed by atoms with van der Waals surface area (Å²) in [5.74, 6) is 2.06. The van der Waals surface area contributed by atoms with Crippen molar-refractivity contribution in [2.75, 3.05) is 20.8 Å². The van der Waals surface area contributed by atoms with Crippen molar-refractivity contribution in [3.05, 3.63) is 98.6 Å². The summed E-state index contributed by atoms with van der Waals surface area (Å²) in [6, 6.07) is 19.7. The number of hydrogen-bond acceptors (Lipinski definition) is 5. The third-order valence-electron chi connectivity index (χ3n) is 6.16. The molecule has 0 unspecified atom stereocenters. The van der Waals surface area contributed by atoms with Crippen LogP contribution in [0, 0.1) is 0 Å². The van der Waals surface area contributed by atoms with Crippen LogP contribution in [-0.4, -0.2) is 35.6 Å². The first kappa shape index (κ1) is 21.5. The second kappa shape index (κ2) is 8.89. The van der Waals surface area contributed by atoms with Crippen LogP contribution in [0.15, 0.2) is 65.5 Å². The molecule has 0 spiro atoms. The van der Waals surface area contributed by atoms with Gasteiger partial charge >= 0.3 is 0 Å². The minimum absolute atomic E-state index is 0.0130. The maximum absolute atomic E-state index is 12.7. The lowest BCUT2D eigenvalue weighted by molar-refractivity contribution is 0.198. The van der Waals surface area contributed by atoms with Crippen molar-refractivity contribution in [2.24, 2.45) is 0 Å². The largest absolute Gasteiger partial charge is 0.493 e. The molecule has 0 bridgehead atoms. The van der Waals surface area contributed by atoms with Gasteiger partial charge in [0.25, 0.3) is 5.56 Å². The topological polar surface area (TPSA) is 67.5 Å². The number of rotatable bonds is 5. The molecule has 6 nitrogen and oxygen atoms in total. The van der Waals surface area contributed by atoms with Gasteiger partial charge in [-0.1, -0.05) is 41.9 Å². The van der Waals surface area contributed by atoms with Crippen LogP contribution < -0.4 is 15.0 Å². The van der Waals surface area contributed by atoms with Gasteiger partial charge in [0.05, 0.1) is 37.7 Å². The molecule has 168 valence electrons. The first-order chi connectivity index (χ1) is 16.1. The van der Waals surface area contributed by atoms with E-state index in [9.17, 15) is 4.79 Å². The summed E-state index contributed by atoms with van der Waals surface area (Å²) in [5, 5.41) is 1.01. The van der Waals surface area contributed by atoms with Crippen molar-refractivity contribution >= 4 is 22.5 Å². The normalized spacial score (nSPS) is 15.9. The molecule has 1 atom stereocenters. The summed E-state index contributed by atoms with van der Waals surface area (Å²) in [4.78, 5) is 22.7. The fourth-order valence-corrected chi connectivity index (χ4v) is 4.79. The SMILES string of the molecule is COc1cc2c(cc1OC)[C@@H](c1ccccc1)N(Cc1nc3ccc(Cl)cc3c(=O)[nH]1)CC2. The van der Waals surface area contributed by atoms with Gasteiger partial charge in [-0.15, -0.1) is 0 Å². The summed E-state index contributed by atoms with van der Waals surface area (Å²) in [5.41, 5.74) is 4.02. The highest BCUT2D eigenvalue weighted by Crippen LogP contribution is 2.41. The molecule has 0 aliphatic carbocycles. The summed E-state index contributed by atoms with van der Waals surface area (Å²) >= 11 is 6.06. The molecular formula is C26H24ClN3O3. The summed E-state index contributed by atoms with van der Waals surface area (Å²) in [6.07, 6.45) is 0.854. The first-order valence-electron chi connectivity index (χ1n) is 10.8. The Morgan fingerprint density at radius 2 is 1.82 bits per heavy atom. The number of halogens is 1. The molecule has 4 aromatic rings. The van der Waals surface area contributed by atoms with E-state index in [-0.39, 0.29) is 11.6 Å². The van der Waals surface area contributed by atoms with Gasteiger partial charge in [-0.25, -0.2) is 4.98 Å². The van der Waals surface area contributed by atoms with E-state index in [4.69, 9.17) is 26.1 Å². The summed E-state index contributed by atoms with van der Waals surface area (Å²) < 4.78 is 11.1. The monoisotopic (exact) mass is 461 g/mol. The van der Waals surface area contributed by atoms with Gasteiger partial charge in [0.2, 0.25) is 0 Å². The highest BCUT2D eigenvalue weighted by atomic mass is 35.5. The van der Waals surface area contributed by atoms with Gasteiger partial charge in [-0.3, -0.25) is 9.69 Å². The van der Waals surface area contributed by atoms with E-state index >= 15 is 0 Å². The molecule has 1 aliphatic rings. The number of benzene rings is 3.